The van der Waals surface area contributed by atoms with Crippen molar-refractivity contribution in [2.45, 2.75) is 6.10 Å². The second-order valence-electron chi connectivity index (χ2n) is 2.52. The van der Waals surface area contributed by atoms with Gasteiger partial charge in [-0.25, -0.2) is 9.18 Å². The van der Waals surface area contributed by atoms with Gasteiger partial charge in [-0.05, 0) is 12.1 Å². The average Bonchev–Trinajstić information content (AvgIpc) is 2.01. The van der Waals surface area contributed by atoms with Crippen LogP contribution in [0, 0.1) is 5.82 Å². The molecule has 0 fully saturated rings. The smallest absolute Gasteiger partial charge is 0.337 e. The van der Waals surface area contributed by atoms with E-state index in [9.17, 15) is 14.3 Å². The molecular formula is C8H5BrClFO3. The molecule has 0 spiro atoms. The van der Waals surface area contributed by atoms with Gasteiger partial charge in [-0.1, -0.05) is 27.5 Å². The Hall–Kier alpha value is -0.650. The lowest BCUT2D eigenvalue weighted by Crippen LogP contribution is -2.11. The third kappa shape index (κ3) is 2.23. The summed E-state index contributed by atoms with van der Waals surface area (Å²) in [5, 5.41) is 17.6. The van der Waals surface area contributed by atoms with Crippen molar-refractivity contribution >= 4 is 33.5 Å². The van der Waals surface area contributed by atoms with Crippen LogP contribution < -0.4 is 0 Å². The van der Waals surface area contributed by atoms with Crippen molar-refractivity contribution in [2.75, 3.05) is 0 Å². The highest BCUT2D eigenvalue weighted by molar-refractivity contribution is 9.10. The second kappa shape index (κ2) is 4.25. The van der Waals surface area contributed by atoms with Crippen molar-refractivity contribution in [1.82, 2.24) is 0 Å². The summed E-state index contributed by atoms with van der Waals surface area (Å²) in [6.45, 7) is 0. The Morgan fingerprint density at radius 2 is 2.14 bits per heavy atom. The molecule has 76 valence electrons. The lowest BCUT2D eigenvalue weighted by Gasteiger charge is -2.10. The predicted molar refractivity (Wildman–Crippen MR) is 51.7 cm³/mol. The van der Waals surface area contributed by atoms with Gasteiger partial charge in [-0.2, -0.15) is 0 Å². The van der Waals surface area contributed by atoms with Gasteiger partial charge in [0.2, 0.25) is 0 Å². The van der Waals surface area contributed by atoms with Gasteiger partial charge in [-0.15, -0.1) is 0 Å². The molecule has 1 unspecified atom stereocenters. The highest BCUT2D eigenvalue weighted by Gasteiger charge is 2.22. The van der Waals surface area contributed by atoms with Gasteiger partial charge < -0.3 is 10.2 Å². The zero-order chi connectivity index (χ0) is 10.9. The van der Waals surface area contributed by atoms with Gasteiger partial charge in [0.15, 0.2) is 6.10 Å². The van der Waals surface area contributed by atoms with E-state index in [1.165, 1.54) is 0 Å². The Bertz CT molecular complexity index is 360. The molecule has 0 aromatic heterocycles. The second-order valence-corrected chi connectivity index (χ2v) is 3.79. The number of rotatable bonds is 2. The van der Waals surface area contributed by atoms with Crippen LogP contribution in [0.4, 0.5) is 4.39 Å². The number of carboxylic acids is 1. The zero-order valence-electron chi connectivity index (χ0n) is 6.67. The fourth-order valence-corrected chi connectivity index (χ4v) is 2.01. The third-order valence-corrected chi connectivity index (χ3v) is 2.52. The maximum absolute atomic E-state index is 12.7. The quantitative estimate of drug-likeness (QED) is 0.876. The van der Waals surface area contributed by atoms with Gasteiger partial charge in [0.25, 0.3) is 0 Å². The molecule has 1 rings (SSSR count). The molecule has 0 heterocycles. The molecule has 1 atom stereocenters. The van der Waals surface area contributed by atoms with Crippen LogP contribution in [0.5, 0.6) is 0 Å². The molecular weight excluding hydrogens is 278 g/mol. The van der Waals surface area contributed by atoms with Crippen LogP contribution in [0.25, 0.3) is 0 Å². The summed E-state index contributed by atoms with van der Waals surface area (Å²) in [4.78, 5) is 10.5. The number of hydrogen-bond acceptors (Lipinski definition) is 2. The van der Waals surface area contributed by atoms with Gasteiger partial charge in [-0.3, -0.25) is 0 Å². The molecule has 14 heavy (non-hydrogen) atoms. The zero-order valence-corrected chi connectivity index (χ0v) is 9.01. The monoisotopic (exact) mass is 282 g/mol. The summed E-state index contributed by atoms with van der Waals surface area (Å²) in [7, 11) is 0. The van der Waals surface area contributed by atoms with Crippen molar-refractivity contribution in [3.8, 4) is 0 Å². The summed E-state index contributed by atoms with van der Waals surface area (Å²) in [5.74, 6) is -2.05. The molecule has 0 aliphatic carbocycles. The van der Waals surface area contributed by atoms with E-state index in [-0.39, 0.29) is 15.1 Å². The van der Waals surface area contributed by atoms with Crippen molar-refractivity contribution in [3.05, 3.63) is 33.0 Å². The van der Waals surface area contributed by atoms with Crippen LogP contribution in [-0.4, -0.2) is 16.2 Å². The Balaban J connectivity index is 3.27. The third-order valence-electron chi connectivity index (χ3n) is 1.55. The van der Waals surface area contributed by atoms with Crippen molar-refractivity contribution in [2.24, 2.45) is 0 Å². The largest absolute Gasteiger partial charge is 0.479 e. The SMILES string of the molecule is O=C(O)C(O)c1c(Cl)cc(F)cc1Br. The summed E-state index contributed by atoms with van der Waals surface area (Å²) >= 11 is 8.50. The first-order valence-electron chi connectivity index (χ1n) is 3.48. The van der Waals surface area contributed by atoms with Crippen molar-refractivity contribution in [1.29, 1.82) is 0 Å². The van der Waals surface area contributed by atoms with Gasteiger partial charge in [0.05, 0.1) is 5.02 Å². The summed E-state index contributed by atoms with van der Waals surface area (Å²) in [6.07, 6.45) is -1.77. The average molecular weight is 283 g/mol. The van der Waals surface area contributed by atoms with Crippen LogP contribution >= 0.6 is 27.5 Å². The Morgan fingerprint density at radius 3 is 2.57 bits per heavy atom. The molecule has 1 aromatic carbocycles. The minimum atomic E-state index is -1.77. The predicted octanol–water partition coefficient (Wildman–Crippen LogP) is 2.36. The summed E-state index contributed by atoms with van der Waals surface area (Å²) < 4.78 is 12.9. The standard InChI is InChI=1S/C8H5BrClFO3/c9-4-1-3(11)2-5(10)6(4)7(12)8(13)14/h1-2,7,12H,(H,13,14). The summed E-state index contributed by atoms with van der Waals surface area (Å²) in [5.41, 5.74) is -0.0550. The van der Waals surface area contributed by atoms with Crippen LogP contribution in [0.2, 0.25) is 5.02 Å². The Kier molecular flexibility index (Phi) is 3.47. The lowest BCUT2D eigenvalue weighted by atomic mass is 10.1. The highest BCUT2D eigenvalue weighted by Crippen LogP contribution is 2.31. The number of aliphatic hydroxyl groups excluding tert-OH is 1. The Labute approximate surface area is 92.2 Å². The van der Waals surface area contributed by atoms with Gasteiger partial charge >= 0.3 is 5.97 Å². The minimum Gasteiger partial charge on any atom is -0.479 e. The van der Waals surface area contributed by atoms with Crippen LogP contribution in [0.15, 0.2) is 16.6 Å². The molecule has 0 amide bonds. The fourth-order valence-electron chi connectivity index (χ4n) is 0.938. The highest BCUT2D eigenvalue weighted by atomic mass is 79.9. The first-order chi connectivity index (χ1) is 6.43. The molecule has 0 saturated heterocycles. The van der Waals surface area contributed by atoms with E-state index in [4.69, 9.17) is 16.7 Å². The topological polar surface area (TPSA) is 57.5 Å². The van der Waals surface area contributed by atoms with Gasteiger partial charge in [0, 0.05) is 10.0 Å². The number of aliphatic hydroxyl groups is 1. The molecule has 0 radical (unpaired) electrons. The van der Waals surface area contributed by atoms with E-state index in [2.05, 4.69) is 15.9 Å². The molecule has 2 N–H and O–H groups in total. The molecule has 0 aliphatic rings. The Morgan fingerprint density at radius 1 is 1.57 bits per heavy atom. The van der Waals surface area contributed by atoms with E-state index in [0.29, 0.717) is 0 Å². The van der Waals surface area contributed by atoms with Crippen LogP contribution in [0.1, 0.15) is 11.7 Å². The molecule has 0 aliphatic heterocycles. The number of halogens is 3. The van der Waals surface area contributed by atoms with Crippen molar-refractivity contribution < 1.29 is 19.4 Å². The van der Waals surface area contributed by atoms with E-state index in [0.717, 1.165) is 12.1 Å². The number of benzene rings is 1. The van der Waals surface area contributed by atoms with E-state index in [1.807, 2.05) is 0 Å². The van der Waals surface area contributed by atoms with Crippen LogP contribution in [-0.2, 0) is 4.79 Å². The number of carboxylic acid groups (broad SMARTS) is 1. The van der Waals surface area contributed by atoms with Gasteiger partial charge in [0.1, 0.15) is 5.82 Å². The summed E-state index contributed by atoms with van der Waals surface area (Å²) in [6, 6.07) is 1.97. The first kappa shape index (κ1) is 11.4. The molecule has 6 heteroatoms. The molecule has 0 saturated carbocycles. The normalized spacial score (nSPS) is 12.6. The maximum atomic E-state index is 12.7. The number of carbonyl (C=O) groups is 1. The molecule has 3 nitrogen and oxygen atoms in total. The lowest BCUT2D eigenvalue weighted by molar-refractivity contribution is -0.147. The fraction of sp³-hybridized carbons (Fsp3) is 0.125. The minimum absolute atomic E-state index is 0.0550. The van der Waals surface area contributed by atoms with Crippen molar-refractivity contribution in [3.63, 3.8) is 0 Å². The van der Waals surface area contributed by atoms with Crippen LogP contribution in [0.3, 0.4) is 0 Å². The van der Waals surface area contributed by atoms with E-state index < -0.39 is 17.9 Å². The molecule has 1 aromatic rings. The van der Waals surface area contributed by atoms with E-state index >= 15 is 0 Å². The maximum Gasteiger partial charge on any atom is 0.337 e. The number of hydrogen-bond donors (Lipinski definition) is 2. The first-order valence-corrected chi connectivity index (χ1v) is 4.66. The number of aliphatic carboxylic acids is 1. The molecule has 0 bridgehead atoms. The van der Waals surface area contributed by atoms with E-state index in [1.54, 1.807) is 0 Å².